The third-order valence-corrected chi connectivity index (χ3v) is 3.09. The average molecular weight is 287 g/mol. The molecule has 1 aromatic heterocycles. The van der Waals surface area contributed by atoms with Crippen LogP contribution < -0.4 is 10.1 Å². The number of carbonyl (C=O) groups is 1. The van der Waals surface area contributed by atoms with Crippen molar-refractivity contribution >= 4 is 5.91 Å². The summed E-state index contributed by atoms with van der Waals surface area (Å²) in [4.78, 5) is 12.1. The fourth-order valence-electron chi connectivity index (χ4n) is 1.98. The minimum atomic E-state index is -0.145. The van der Waals surface area contributed by atoms with Gasteiger partial charge in [-0.15, -0.1) is 0 Å². The highest BCUT2D eigenvalue weighted by molar-refractivity contribution is 5.92. The number of nitrogens with one attached hydrogen (secondary N) is 1. The van der Waals surface area contributed by atoms with Crippen LogP contribution in [0.5, 0.6) is 5.75 Å². The lowest BCUT2D eigenvalue weighted by molar-refractivity contribution is 0.0943. The zero-order chi connectivity index (χ0) is 15.4. The first kappa shape index (κ1) is 15.1. The van der Waals surface area contributed by atoms with E-state index in [0.29, 0.717) is 18.2 Å². The Kier molecular flexibility index (Phi) is 4.62. The molecule has 0 fully saturated rings. The monoisotopic (exact) mass is 287 g/mol. The van der Waals surface area contributed by atoms with Crippen molar-refractivity contribution in [1.82, 2.24) is 15.1 Å². The average Bonchev–Trinajstić information content (AvgIpc) is 2.87. The van der Waals surface area contributed by atoms with Crippen molar-refractivity contribution in [3.05, 3.63) is 41.7 Å². The van der Waals surface area contributed by atoms with E-state index in [9.17, 15) is 4.79 Å². The molecular weight excluding hydrogens is 266 g/mol. The van der Waals surface area contributed by atoms with Crippen molar-refractivity contribution in [1.29, 1.82) is 0 Å². The highest BCUT2D eigenvalue weighted by atomic mass is 16.5. The molecule has 0 atom stereocenters. The molecule has 0 saturated heterocycles. The number of aryl methyl sites for hydroxylation is 1. The van der Waals surface area contributed by atoms with Crippen molar-refractivity contribution in [2.75, 3.05) is 13.7 Å². The largest absolute Gasteiger partial charge is 0.497 e. The van der Waals surface area contributed by atoms with Gasteiger partial charge in [0.05, 0.1) is 12.8 Å². The molecule has 1 amide bonds. The number of benzene rings is 1. The normalized spacial score (nSPS) is 10.7. The van der Waals surface area contributed by atoms with Crippen molar-refractivity contribution < 1.29 is 9.53 Å². The van der Waals surface area contributed by atoms with Crippen LogP contribution in [0.15, 0.2) is 30.3 Å². The van der Waals surface area contributed by atoms with Gasteiger partial charge in [0.2, 0.25) is 0 Å². The van der Waals surface area contributed by atoms with Crippen LogP contribution in [0.4, 0.5) is 0 Å². The van der Waals surface area contributed by atoms with Crippen LogP contribution in [0, 0.1) is 12.8 Å². The minimum Gasteiger partial charge on any atom is -0.497 e. The number of aromatic nitrogens is 2. The fraction of sp³-hybridized carbons (Fsp3) is 0.375. The molecule has 5 nitrogen and oxygen atoms in total. The molecule has 0 spiro atoms. The molecule has 112 valence electrons. The zero-order valence-electron chi connectivity index (χ0n) is 12.9. The Morgan fingerprint density at radius 3 is 2.81 bits per heavy atom. The van der Waals surface area contributed by atoms with Gasteiger partial charge >= 0.3 is 0 Å². The molecule has 1 aromatic carbocycles. The van der Waals surface area contributed by atoms with Gasteiger partial charge in [-0.3, -0.25) is 4.79 Å². The number of amides is 1. The summed E-state index contributed by atoms with van der Waals surface area (Å²) in [5.41, 5.74) is 2.20. The summed E-state index contributed by atoms with van der Waals surface area (Å²) in [5, 5.41) is 7.26. The summed E-state index contributed by atoms with van der Waals surface area (Å²) >= 11 is 0. The third-order valence-electron chi connectivity index (χ3n) is 3.09. The highest BCUT2D eigenvalue weighted by Gasteiger charge is 2.13. The first-order valence-electron chi connectivity index (χ1n) is 7.00. The molecule has 0 aliphatic rings. The Morgan fingerprint density at radius 1 is 1.38 bits per heavy atom. The van der Waals surface area contributed by atoms with Gasteiger partial charge in [-0.05, 0) is 31.0 Å². The van der Waals surface area contributed by atoms with E-state index in [1.165, 1.54) is 0 Å². The first-order chi connectivity index (χ1) is 10.0. The van der Waals surface area contributed by atoms with Gasteiger partial charge in [0.15, 0.2) is 5.69 Å². The topological polar surface area (TPSA) is 56.2 Å². The van der Waals surface area contributed by atoms with Crippen LogP contribution in [0.3, 0.4) is 0 Å². The maximum Gasteiger partial charge on any atom is 0.271 e. The lowest BCUT2D eigenvalue weighted by Gasteiger charge is -2.07. The Labute approximate surface area is 124 Å². The number of ether oxygens (including phenoxy) is 1. The Bertz CT molecular complexity index is 632. The smallest absolute Gasteiger partial charge is 0.271 e. The molecule has 1 heterocycles. The van der Waals surface area contributed by atoms with Crippen LogP contribution in [0.25, 0.3) is 5.69 Å². The summed E-state index contributed by atoms with van der Waals surface area (Å²) in [5.74, 6) is 1.03. The molecule has 2 rings (SSSR count). The van der Waals surface area contributed by atoms with E-state index in [1.807, 2.05) is 31.2 Å². The molecule has 5 heteroatoms. The van der Waals surface area contributed by atoms with E-state index in [2.05, 4.69) is 24.3 Å². The molecule has 0 radical (unpaired) electrons. The molecule has 0 bridgehead atoms. The lowest BCUT2D eigenvalue weighted by atomic mass is 10.2. The maximum atomic E-state index is 12.1. The summed E-state index contributed by atoms with van der Waals surface area (Å²) < 4.78 is 6.96. The molecular formula is C16H21N3O2. The van der Waals surface area contributed by atoms with E-state index >= 15 is 0 Å². The third kappa shape index (κ3) is 3.62. The second-order valence-electron chi connectivity index (χ2n) is 5.39. The molecule has 1 N–H and O–H groups in total. The van der Waals surface area contributed by atoms with E-state index in [4.69, 9.17) is 4.74 Å². The number of methoxy groups -OCH3 is 1. The predicted octanol–water partition coefficient (Wildman–Crippen LogP) is 2.58. The molecule has 0 aliphatic heterocycles. The van der Waals surface area contributed by atoms with Gasteiger partial charge in [-0.1, -0.05) is 19.9 Å². The quantitative estimate of drug-likeness (QED) is 0.919. The van der Waals surface area contributed by atoms with Crippen molar-refractivity contribution in [2.24, 2.45) is 5.92 Å². The molecule has 0 unspecified atom stereocenters. The molecule has 0 saturated carbocycles. The van der Waals surface area contributed by atoms with Crippen molar-refractivity contribution in [3.63, 3.8) is 0 Å². The molecule has 0 aliphatic carbocycles. The maximum absolute atomic E-state index is 12.1. The van der Waals surface area contributed by atoms with Gasteiger partial charge in [-0.25, -0.2) is 4.68 Å². The van der Waals surface area contributed by atoms with Gasteiger partial charge in [-0.2, -0.15) is 5.10 Å². The number of rotatable bonds is 5. The summed E-state index contributed by atoms with van der Waals surface area (Å²) in [6.07, 6.45) is 0. The van der Waals surface area contributed by atoms with Gasteiger partial charge in [0, 0.05) is 18.3 Å². The van der Waals surface area contributed by atoms with E-state index < -0.39 is 0 Å². The summed E-state index contributed by atoms with van der Waals surface area (Å²) in [7, 11) is 1.62. The van der Waals surface area contributed by atoms with Gasteiger partial charge in [0.1, 0.15) is 5.75 Å². The van der Waals surface area contributed by atoms with Crippen LogP contribution in [-0.2, 0) is 0 Å². The van der Waals surface area contributed by atoms with E-state index in [0.717, 1.165) is 17.1 Å². The van der Waals surface area contributed by atoms with Crippen LogP contribution in [0.1, 0.15) is 30.0 Å². The fourth-order valence-corrected chi connectivity index (χ4v) is 1.98. The van der Waals surface area contributed by atoms with Crippen molar-refractivity contribution in [3.8, 4) is 11.4 Å². The predicted molar refractivity (Wildman–Crippen MR) is 82.0 cm³/mol. The van der Waals surface area contributed by atoms with Crippen LogP contribution >= 0.6 is 0 Å². The first-order valence-corrected chi connectivity index (χ1v) is 7.00. The number of carbonyl (C=O) groups excluding carboxylic acids is 1. The number of nitrogens with zero attached hydrogens (tertiary/aromatic N) is 2. The second-order valence-corrected chi connectivity index (χ2v) is 5.39. The molecule has 2 aromatic rings. The second kappa shape index (κ2) is 6.43. The van der Waals surface area contributed by atoms with Crippen LogP contribution in [0.2, 0.25) is 0 Å². The molecule has 21 heavy (non-hydrogen) atoms. The number of hydrogen-bond donors (Lipinski definition) is 1. The van der Waals surface area contributed by atoms with E-state index in [1.54, 1.807) is 17.9 Å². The van der Waals surface area contributed by atoms with Gasteiger partial charge < -0.3 is 10.1 Å². The van der Waals surface area contributed by atoms with Crippen molar-refractivity contribution in [2.45, 2.75) is 20.8 Å². The standard InChI is InChI=1S/C16H21N3O2/c1-11(2)10-17-16(20)15-8-12(3)19(18-15)13-6-5-7-14(9-13)21-4/h5-9,11H,10H2,1-4H3,(H,17,20). The SMILES string of the molecule is COc1cccc(-n2nc(C(=O)NCC(C)C)cc2C)c1. The summed E-state index contributed by atoms with van der Waals surface area (Å²) in [6, 6.07) is 9.37. The number of hydrogen-bond acceptors (Lipinski definition) is 3. The summed E-state index contributed by atoms with van der Waals surface area (Å²) in [6.45, 7) is 6.68. The zero-order valence-corrected chi connectivity index (χ0v) is 12.9. The Morgan fingerprint density at radius 2 is 2.14 bits per heavy atom. The highest BCUT2D eigenvalue weighted by Crippen LogP contribution is 2.18. The minimum absolute atomic E-state index is 0.145. The van der Waals surface area contributed by atoms with Gasteiger partial charge in [0.25, 0.3) is 5.91 Å². The van der Waals surface area contributed by atoms with Crippen LogP contribution in [-0.4, -0.2) is 29.3 Å². The van der Waals surface area contributed by atoms with E-state index in [-0.39, 0.29) is 5.91 Å². The lowest BCUT2D eigenvalue weighted by Crippen LogP contribution is -2.27. The Hall–Kier alpha value is -2.30. The Balaban J connectivity index is 2.24.